The maximum Gasteiger partial charge on any atom is 0.404 e. The van der Waals surface area contributed by atoms with Gasteiger partial charge < -0.3 is 30.8 Å². The molecule has 2 fully saturated rings. The molecule has 1 aliphatic carbocycles. The Hall–Kier alpha value is -3.22. The molecular formula is C20H24N4O8S. The molecule has 1 saturated carbocycles. The number of amides is 3. The molecular weight excluding hydrogens is 456 g/mol. The number of oxime groups is 1. The number of thioether (sulfide) groups is 1. The molecule has 3 aliphatic heterocycles. The van der Waals surface area contributed by atoms with Gasteiger partial charge in [-0.05, 0) is 18.8 Å². The van der Waals surface area contributed by atoms with Gasteiger partial charge in [0.2, 0.25) is 5.91 Å². The van der Waals surface area contributed by atoms with E-state index in [0.717, 1.165) is 30.6 Å². The Morgan fingerprint density at radius 2 is 2.09 bits per heavy atom. The van der Waals surface area contributed by atoms with E-state index < -0.39 is 47.3 Å². The van der Waals surface area contributed by atoms with Crippen molar-refractivity contribution in [3.05, 3.63) is 23.6 Å². The van der Waals surface area contributed by atoms with E-state index in [1.165, 1.54) is 24.1 Å². The minimum Gasteiger partial charge on any atom is -0.491 e. The number of primary amides is 1. The fourth-order valence-electron chi connectivity index (χ4n) is 4.83. The van der Waals surface area contributed by atoms with Crippen molar-refractivity contribution in [2.75, 3.05) is 12.4 Å². The molecule has 4 atom stereocenters. The third kappa shape index (κ3) is 4.24. The fraction of sp³-hybridized carbons (Fsp3) is 0.550. The number of nitrogens with two attached hydrogens (primary N) is 1. The number of hydrogen-bond donors (Lipinski definition) is 4. The molecule has 13 heteroatoms. The van der Waals surface area contributed by atoms with E-state index in [-0.39, 0.29) is 35.3 Å². The predicted molar refractivity (Wildman–Crippen MR) is 114 cm³/mol. The van der Waals surface area contributed by atoms with E-state index in [9.17, 15) is 29.5 Å². The molecule has 1 saturated heterocycles. The zero-order valence-electron chi connectivity index (χ0n) is 17.5. The van der Waals surface area contributed by atoms with Crippen LogP contribution in [0.15, 0.2) is 28.8 Å². The van der Waals surface area contributed by atoms with Gasteiger partial charge in [-0.1, -0.05) is 18.0 Å². The normalized spacial score (nSPS) is 28.8. The second-order valence-corrected chi connectivity index (χ2v) is 9.32. The summed E-state index contributed by atoms with van der Waals surface area (Å²) in [6, 6.07) is -0.914. The van der Waals surface area contributed by atoms with Crippen molar-refractivity contribution in [2.45, 2.75) is 43.2 Å². The number of carboxylic acids is 1. The molecule has 0 aromatic carbocycles. The van der Waals surface area contributed by atoms with Crippen LogP contribution < -0.4 is 11.1 Å². The van der Waals surface area contributed by atoms with E-state index in [1.54, 1.807) is 0 Å². The third-order valence-corrected chi connectivity index (χ3v) is 7.68. The number of β-lactam (4-membered cyclic amide) rings is 1. The lowest BCUT2D eigenvalue weighted by Gasteiger charge is -2.49. The summed E-state index contributed by atoms with van der Waals surface area (Å²) < 4.78 is 10.3. The van der Waals surface area contributed by atoms with Gasteiger partial charge in [0, 0.05) is 17.4 Å². The number of aliphatic carboxylic acids is 1. The highest BCUT2D eigenvalue weighted by molar-refractivity contribution is 8.00. The number of carbonyl (C=O) groups is 4. The topological polar surface area (TPSA) is 181 Å². The molecule has 3 heterocycles. The van der Waals surface area contributed by atoms with Crippen LogP contribution in [0.4, 0.5) is 4.79 Å². The zero-order valence-corrected chi connectivity index (χ0v) is 18.3. The second kappa shape index (κ2) is 9.33. The molecule has 33 heavy (non-hydrogen) atoms. The van der Waals surface area contributed by atoms with Crippen LogP contribution in [0.2, 0.25) is 0 Å². The molecule has 4 rings (SSSR count). The van der Waals surface area contributed by atoms with E-state index in [0.29, 0.717) is 0 Å². The molecule has 3 amide bonds. The van der Waals surface area contributed by atoms with Gasteiger partial charge in [0.15, 0.2) is 6.10 Å². The molecule has 12 nitrogen and oxygen atoms in total. The lowest BCUT2D eigenvalue weighted by Crippen LogP contribution is -2.71. The lowest BCUT2D eigenvalue weighted by atomic mass is 9.83. The molecule has 0 aromatic heterocycles. The van der Waals surface area contributed by atoms with Gasteiger partial charge in [-0.15, -0.1) is 11.8 Å². The summed E-state index contributed by atoms with van der Waals surface area (Å²) in [5, 5.41) is 24.3. The molecule has 0 bridgehead atoms. The van der Waals surface area contributed by atoms with Gasteiger partial charge in [-0.3, -0.25) is 14.5 Å². The molecule has 2 unspecified atom stereocenters. The average molecular weight is 480 g/mol. The summed E-state index contributed by atoms with van der Waals surface area (Å²) >= 11 is 1.26. The number of rotatable bonds is 7. The highest BCUT2D eigenvalue weighted by atomic mass is 32.2. The number of hydrogen-bond acceptors (Lipinski definition) is 9. The Balaban J connectivity index is 1.50. The SMILES string of the molecule is NC(=O)OCC1=C(C(=O)O)N2C(=O)[C@@H](NC(=O)C(C3CCCC3)C3OC=CC3=NO)[C@H]2SC1. The quantitative estimate of drug-likeness (QED) is 0.227. The van der Waals surface area contributed by atoms with Crippen molar-refractivity contribution in [2.24, 2.45) is 22.7 Å². The maximum absolute atomic E-state index is 13.3. The standard InChI is InChI=1S/C20H24N4O8S/c21-20(29)32-7-10-8-33-18-13(17(26)24(18)14(10)19(27)28)22-16(25)12(9-3-1-2-4-9)15-11(23-30)5-6-31-15/h5-6,9,12-13,15,18,30H,1-4,7-8H2,(H2,21,29)(H,22,25)(H,27,28)/t12?,13-,15?,18-/m1/s1. The minimum atomic E-state index is -1.33. The molecule has 0 spiro atoms. The average Bonchev–Trinajstić information content (AvgIpc) is 3.48. The summed E-state index contributed by atoms with van der Waals surface area (Å²) in [6.45, 7) is -0.337. The summed E-state index contributed by atoms with van der Waals surface area (Å²) in [4.78, 5) is 50.0. The van der Waals surface area contributed by atoms with Crippen LogP contribution in [0.25, 0.3) is 0 Å². The highest BCUT2D eigenvalue weighted by Crippen LogP contribution is 2.41. The van der Waals surface area contributed by atoms with Gasteiger partial charge in [0.25, 0.3) is 5.91 Å². The minimum absolute atomic E-state index is 0.00367. The number of carbonyl (C=O) groups excluding carboxylic acids is 3. The number of ether oxygens (including phenoxy) is 2. The first kappa shape index (κ1) is 23.0. The van der Waals surface area contributed by atoms with Gasteiger partial charge >= 0.3 is 12.1 Å². The van der Waals surface area contributed by atoms with Crippen LogP contribution in [0.1, 0.15) is 25.7 Å². The van der Waals surface area contributed by atoms with Crippen LogP contribution in [-0.4, -0.2) is 74.7 Å². The second-order valence-electron chi connectivity index (χ2n) is 8.22. The molecule has 0 aromatic rings. The summed E-state index contributed by atoms with van der Waals surface area (Å²) in [5.74, 6) is -2.76. The van der Waals surface area contributed by atoms with Crippen molar-refractivity contribution >= 4 is 41.4 Å². The van der Waals surface area contributed by atoms with E-state index in [1.807, 2.05) is 0 Å². The maximum atomic E-state index is 13.3. The van der Waals surface area contributed by atoms with Crippen molar-refractivity contribution in [1.82, 2.24) is 10.2 Å². The van der Waals surface area contributed by atoms with E-state index >= 15 is 0 Å². The lowest BCUT2D eigenvalue weighted by molar-refractivity contribution is -0.151. The van der Waals surface area contributed by atoms with Crippen molar-refractivity contribution in [1.29, 1.82) is 0 Å². The van der Waals surface area contributed by atoms with Crippen molar-refractivity contribution < 1.29 is 39.0 Å². The van der Waals surface area contributed by atoms with Gasteiger partial charge in [0.1, 0.15) is 29.4 Å². The van der Waals surface area contributed by atoms with Crippen LogP contribution >= 0.6 is 11.8 Å². The highest BCUT2D eigenvalue weighted by Gasteiger charge is 2.55. The van der Waals surface area contributed by atoms with Crippen LogP contribution in [0.5, 0.6) is 0 Å². The van der Waals surface area contributed by atoms with Crippen molar-refractivity contribution in [3.63, 3.8) is 0 Å². The predicted octanol–water partition coefficient (Wildman–Crippen LogP) is 0.369. The summed E-state index contributed by atoms with van der Waals surface area (Å²) in [6.07, 6.45) is 4.63. The van der Waals surface area contributed by atoms with Crippen LogP contribution in [-0.2, 0) is 23.9 Å². The largest absolute Gasteiger partial charge is 0.491 e. The van der Waals surface area contributed by atoms with E-state index in [2.05, 4.69) is 10.5 Å². The zero-order chi connectivity index (χ0) is 23.7. The number of carboxylic acid groups (broad SMARTS) is 1. The van der Waals surface area contributed by atoms with Gasteiger partial charge in [-0.2, -0.15) is 0 Å². The fourth-order valence-corrected chi connectivity index (χ4v) is 6.16. The number of nitrogens with one attached hydrogen (secondary N) is 1. The summed E-state index contributed by atoms with van der Waals surface area (Å²) in [7, 11) is 0. The molecule has 178 valence electrons. The van der Waals surface area contributed by atoms with E-state index in [4.69, 9.17) is 15.2 Å². The Labute approximate surface area is 192 Å². The first-order chi connectivity index (χ1) is 15.8. The van der Waals surface area contributed by atoms with Crippen molar-refractivity contribution in [3.8, 4) is 0 Å². The Kier molecular flexibility index (Phi) is 6.49. The smallest absolute Gasteiger partial charge is 0.404 e. The van der Waals surface area contributed by atoms with Gasteiger partial charge in [-0.25, -0.2) is 9.59 Å². The molecule has 4 aliphatic rings. The Morgan fingerprint density at radius 1 is 1.36 bits per heavy atom. The van der Waals surface area contributed by atoms with Crippen LogP contribution in [0.3, 0.4) is 0 Å². The van der Waals surface area contributed by atoms with Crippen LogP contribution in [0, 0.1) is 11.8 Å². The third-order valence-electron chi connectivity index (χ3n) is 6.34. The first-order valence-electron chi connectivity index (χ1n) is 10.5. The molecule has 0 radical (unpaired) electrons. The molecule has 5 N–H and O–H groups in total. The van der Waals surface area contributed by atoms with Gasteiger partial charge in [0.05, 0.1) is 12.2 Å². The summed E-state index contributed by atoms with van der Waals surface area (Å²) in [5.41, 5.74) is 5.19. The Bertz CT molecular complexity index is 958. The number of nitrogens with zero attached hydrogens (tertiary/aromatic N) is 2. The monoisotopic (exact) mass is 480 g/mol. The number of fused-ring (bicyclic) bond motifs is 1. The Morgan fingerprint density at radius 3 is 2.73 bits per heavy atom. The first-order valence-corrected chi connectivity index (χ1v) is 11.5.